The summed E-state index contributed by atoms with van der Waals surface area (Å²) in [6.45, 7) is 4.04. The van der Waals surface area contributed by atoms with Crippen LogP contribution >= 0.6 is 0 Å². The van der Waals surface area contributed by atoms with Crippen LogP contribution < -0.4 is 10.2 Å². The highest BCUT2D eigenvalue weighted by molar-refractivity contribution is 7.92. The van der Waals surface area contributed by atoms with E-state index in [-0.39, 0.29) is 22.6 Å². The van der Waals surface area contributed by atoms with Gasteiger partial charge >= 0.3 is 0 Å². The average molecular weight is 536 g/mol. The van der Waals surface area contributed by atoms with Gasteiger partial charge < -0.3 is 10.2 Å². The molecule has 1 amide bonds. The molecule has 2 aliphatic heterocycles. The molecule has 7 rings (SSSR count). The summed E-state index contributed by atoms with van der Waals surface area (Å²) < 4.78 is 26.8. The van der Waals surface area contributed by atoms with Crippen LogP contribution in [0.2, 0.25) is 0 Å². The maximum atomic E-state index is 13.4. The number of aromatic nitrogens is 2. The Morgan fingerprint density at radius 3 is 2.42 bits per heavy atom. The van der Waals surface area contributed by atoms with Crippen LogP contribution in [-0.4, -0.2) is 60.6 Å². The van der Waals surface area contributed by atoms with Crippen LogP contribution in [0.1, 0.15) is 75.3 Å². The van der Waals surface area contributed by atoms with Crippen molar-refractivity contribution in [2.24, 2.45) is 5.41 Å². The Morgan fingerprint density at radius 1 is 1.05 bits per heavy atom. The van der Waals surface area contributed by atoms with Gasteiger partial charge in [-0.2, -0.15) is 4.98 Å². The fourth-order valence-corrected chi connectivity index (χ4v) is 9.53. The molecule has 3 heterocycles. The third kappa shape index (κ3) is 3.72. The molecule has 0 radical (unpaired) electrons. The van der Waals surface area contributed by atoms with Crippen molar-refractivity contribution in [3.8, 4) is 0 Å². The first-order chi connectivity index (χ1) is 18.2. The predicted molar refractivity (Wildman–Crippen MR) is 147 cm³/mol. The van der Waals surface area contributed by atoms with Gasteiger partial charge in [0.1, 0.15) is 5.82 Å². The fraction of sp³-hybridized carbons (Fsp3) is 0.621. The Morgan fingerprint density at radius 2 is 1.76 bits per heavy atom. The summed E-state index contributed by atoms with van der Waals surface area (Å²) in [5.41, 5.74) is 2.42. The van der Waals surface area contributed by atoms with Gasteiger partial charge in [0.25, 0.3) is 0 Å². The van der Waals surface area contributed by atoms with Gasteiger partial charge in [0.05, 0.1) is 15.6 Å². The summed E-state index contributed by atoms with van der Waals surface area (Å²) in [6.07, 6.45) is 11.7. The molecule has 9 heteroatoms. The lowest BCUT2D eigenvalue weighted by Crippen LogP contribution is -2.50. The van der Waals surface area contributed by atoms with Crippen LogP contribution in [0.3, 0.4) is 0 Å². The highest BCUT2D eigenvalue weighted by Crippen LogP contribution is 2.58. The van der Waals surface area contributed by atoms with Crippen molar-refractivity contribution in [2.45, 2.75) is 92.7 Å². The zero-order valence-corrected chi connectivity index (χ0v) is 23.2. The van der Waals surface area contributed by atoms with Crippen molar-refractivity contribution in [1.29, 1.82) is 0 Å². The summed E-state index contributed by atoms with van der Waals surface area (Å²) in [4.78, 5) is 27.5. The fourth-order valence-electron chi connectivity index (χ4n) is 7.40. The molecule has 1 aromatic heterocycles. The number of nitrogens with zero attached hydrogens (tertiary/aromatic N) is 4. The molecule has 0 bridgehead atoms. The molecule has 1 N–H and O–H groups in total. The number of amides is 1. The predicted octanol–water partition coefficient (Wildman–Crippen LogP) is 4.50. The normalized spacial score (nSPS) is 24.7. The quantitative estimate of drug-likeness (QED) is 0.602. The Hall–Kier alpha value is -2.52. The number of hydrogen-bond acceptors (Lipinski definition) is 7. The highest BCUT2D eigenvalue weighted by Gasteiger charge is 2.61. The number of anilines is 3. The number of fused-ring (bicyclic) bond motifs is 2. The smallest absolute Gasteiger partial charge is 0.239 e. The maximum absolute atomic E-state index is 13.4. The molecule has 0 unspecified atom stereocenters. The molecule has 4 fully saturated rings. The van der Waals surface area contributed by atoms with Crippen LogP contribution in [-0.2, 0) is 20.0 Å². The Labute approximate surface area is 225 Å². The topological polar surface area (TPSA) is 95.5 Å². The van der Waals surface area contributed by atoms with E-state index in [0.717, 1.165) is 99.9 Å². The third-order valence-electron chi connectivity index (χ3n) is 10.2. The number of carbonyl (C=O) groups excluding carboxylic acids is 1. The third-order valence-corrected chi connectivity index (χ3v) is 12.3. The number of carbonyl (C=O) groups is 1. The number of benzene rings is 1. The first kappa shape index (κ1) is 24.5. The molecule has 0 atom stereocenters. The second-order valence-corrected chi connectivity index (χ2v) is 14.8. The van der Waals surface area contributed by atoms with Crippen molar-refractivity contribution in [2.75, 3.05) is 30.4 Å². The van der Waals surface area contributed by atoms with Crippen molar-refractivity contribution in [3.63, 3.8) is 0 Å². The molecular weight excluding hydrogens is 498 g/mol. The number of likely N-dealkylation sites (tertiary alicyclic amines) is 1. The van der Waals surface area contributed by atoms with E-state index in [1.807, 2.05) is 24.1 Å². The molecule has 2 spiro atoms. The summed E-state index contributed by atoms with van der Waals surface area (Å²) in [7, 11) is -1.22. The van der Waals surface area contributed by atoms with Gasteiger partial charge in [-0.05, 0) is 108 Å². The van der Waals surface area contributed by atoms with E-state index in [2.05, 4.69) is 22.2 Å². The first-order valence-corrected chi connectivity index (χ1v) is 15.8. The highest BCUT2D eigenvalue weighted by atomic mass is 32.2. The minimum Gasteiger partial charge on any atom is -0.324 e. The Bertz CT molecular complexity index is 1400. The lowest BCUT2D eigenvalue weighted by molar-refractivity contribution is -0.120. The van der Waals surface area contributed by atoms with Crippen LogP contribution in [0.4, 0.5) is 17.5 Å². The van der Waals surface area contributed by atoms with E-state index in [9.17, 15) is 13.2 Å². The molecule has 1 aromatic carbocycles. The van der Waals surface area contributed by atoms with E-state index in [1.54, 1.807) is 12.1 Å². The van der Waals surface area contributed by atoms with Gasteiger partial charge in [-0.25, -0.2) is 13.4 Å². The van der Waals surface area contributed by atoms with Crippen molar-refractivity contribution in [1.82, 2.24) is 14.9 Å². The van der Waals surface area contributed by atoms with Crippen LogP contribution in [0.15, 0.2) is 29.3 Å². The lowest BCUT2D eigenvalue weighted by Gasteiger charge is -2.51. The van der Waals surface area contributed by atoms with Gasteiger partial charge in [-0.15, -0.1) is 0 Å². The lowest BCUT2D eigenvalue weighted by atomic mass is 9.63. The van der Waals surface area contributed by atoms with Crippen LogP contribution in [0.5, 0.6) is 0 Å². The maximum Gasteiger partial charge on any atom is 0.239 e. The van der Waals surface area contributed by atoms with E-state index < -0.39 is 15.3 Å². The molecule has 1 saturated heterocycles. The van der Waals surface area contributed by atoms with Gasteiger partial charge in [-0.3, -0.25) is 9.69 Å². The van der Waals surface area contributed by atoms with Crippen molar-refractivity contribution < 1.29 is 13.2 Å². The number of nitrogens with one attached hydrogen (secondary N) is 1. The summed E-state index contributed by atoms with van der Waals surface area (Å²) >= 11 is 0. The van der Waals surface area contributed by atoms with Crippen LogP contribution in [0.25, 0.3) is 0 Å². The van der Waals surface area contributed by atoms with Gasteiger partial charge in [0.15, 0.2) is 9.84 Å². The van der Waals surface area contributed by atoms with Crippen molar-refractivity contribution >= 4 is 33.2 Å². The minimum absolute atomic E-state index is 0.203. The summed E-state index contributed by atoms with van der Waals surface area (Å²) in [6, 6.07) is 5.55. The number of hydrogen-bond donors (Lipinski definition) is 1. The van der Waals surface area contributed by atoms with E-state index in [4.69, 9.17) is 4.98 Å². The number of rotatable bonds is 5. The monoisotopic (exact) mass is 535 g/mol. The van der Waals surface area contributed by atoms with E-state index in [1.165, 1.54) is 0 Å². The second-order valence-electron chi connectivity index (χ2n) is 12.6. The Balaban J connectivity index is 1.10. The zero-order chi connectivity index (χ0) is 26.3. The van der Waals surface area contributed by atoms with Crippen molar-refractivity contribution in [3.05, 3.63) is 35.5 Å². The summed E-state index contributed by atoms with van der Waals surface area (Å²) in [5.74, 6) is 1.41. The SMILES string of the molecule is Cc1cc(S(=O)(=O)C2CC3(CCN(C)CC3)C2)ccc1Nc1ncc2c(n1)N(C1CCCC1)C(=O)C21CC1. The number of aryl methyl sites for hydroxylation is 1. The first-order valence-electron chi connectivity index (χ1n) is 14.2. The Kier molecular flexibility index (Phi) is 5.48. The number of piperidine rings is 1. The standard InChI is InChI=1S/C29H37N5O3S/c1-19-15-21(38(36,37)22-16-28(17-22)11-13-33(2)14-12-28)7-8-24(19)31-27-30-18-23-25(32-27)34(20-5-3-4-6-20)26(35)29(23)9-10-29/h7-8,15,18,20,22H,3-6,9-14,16-17H2,1-2H3,(H,30,31,32). The number of sulfone groups is 1. The molecule has 3 saturated carbocycles. The van der Waals surface area contributed by atoms with Gasteiger partial charge in [-0.1, -0.05) is 12.8 Å². The summed E-state index contributed by atoms with van der Waals surface area (Å²) in [5, 5.41) is 3.02. The molecule has 202 valence electrons. The molecule has 38 heavy (non-hydrogen) atoms. The minimum atomic E-state index is -3.36. The van der Waals surface area contributed by atoms with Gasteiger partial charge in [0.2, 0.25) is 11.9 Å². The molecule has 3 aliphatic carbocycles. The molecule has 8 nitrogen and oxygen atoms in total. The molecule has 2 aromatic rings. The average Bonchev–Trinajstić information content (AvgIpc) is 3.44. The van der Waals surface area contributed by atoms with Gasteiger partial charge in [0, 0.05) is 23.5 Å². The zero-order valence-electron chi connectivity index (χ0n) is 22.4. The molecular formula is C29H37N5O3S. The largest absolute Gasteiger partial charge is 0.324 e. The molecule has 5 aliphatic rings. The van der Waals surface area contributed by atoms with Crippen LogP contribution in [0, 0.1) is 12.3 Å². The van der Waals surface area contributed by atoms with E-state index in [0.29, 0.717) is 10.8 Å². The second kappa shape index (κ2) is 8.49. The van der Waals surface area contributed by atoms with E-state index >= 15 is 0 Å².